The van der Waals surface area contributed by atoms with Gasteiger partial charge in [-0.2, -0.15) is 4.98 Å². The number of hydrogen-bond acceptors (Lipinski definition) is 7. The molecule has 3 aromatic rings. The second kappa shape index (κ2) is 23.8. The van der Waals surface area contributed by atoms with Crippen molar-refractivity contribution in [2.45, 2.75) is 152 Å². The predicted octanol–water partition coefficient (Wildman–Crippen LogP) is 13.3. The number of benzene rings is 1. The third-order valence-electron chi connectivity index (χ3n) is 10.2. The zero-order chi connectivity index (χ0) is 41.1. The number of ether oxygens (including phenoxy) is 2. The number of ketones is 1. The Bertz CT molecular complexity index is 1650. The molecular formula is C46H68F2N4O3. The molecule has 7 nitrogen and oxygen atoms in total. The molecule has 1 aromatic carbocycles. The standard InChI is InChI=1S/C29H32N4O3.C7H14.C6H10F2.2C2H6/c1-4-6-18(2)20-11-9-19(10-12-20)16-36-24-15-23(27(34)22-7-5-8-22)32-28(33-24)25-26(21-13-14-21)30-17-31-29(25)35-3;1-3-6(2)7-4-5-7;1-4-5(2)6(3,7)8;2*1-2/h6,9-12,15,17,21-22H,4-5,7-8,13-14,16H2,1-3H3;6-7H,3-5H2,1-2H3;4H,1-3H3;2*1-2H3/b18-6-;;5-4+;;. The predicted molar refractivity (Wildman–Crippen MR) is 223 cm³/mol. The van der Waals surface area contributed by atoms with E-state index in [0.717, 1.165) is 68.5 Å². The second-order valence-corrected chi connectivity index (χ2v) is 14.2. The summed E-state index contributed by atoms with van der Waals surface area (Å²) in [6.07, 6.45) is 15.5. The highest BCUT2D eigenvalue weighted by Crippen LogP contribution is 2.45. The third-order valence-corrected chi connectivity index (χ3v) is 10.2. The van der Waals surface area contributed by atoms with Crippen LogP contribution in [0.3, 0.4) is 0 Å². The first-order chi connectivity index (χ1) is 26.4. The van der Waals surface area contributed by atoms with E-state index in [9.17, 15) is 13.6 Å². The lowest BCUT2D eigenvalue weighted by Gasteiger charge is -2.23. The van der Waals surface area contributed by atoms with Gasteiger partial charge < -0.3 is 9.47 Å². The Hall–Kier alpha value is -4.01. The number of alkyl halides is 2. The van der Waals surface area contributed by atoms with Crippen LogP contribution >= 0.6 is 0 Å². The van der Waals surface area contributed by atoms with Gasteiger partial charge in [0.15, 0.2) is 11.6 Å². The first-order valence-corrected chi connectivity index (χ1v) is 20.6. The summed E-state index contributed by atoms with van der Waals surface area (Å²) in [5.41, 5.74) is 5.50. The molecule has 1 atom stereocenters. The summed E-state index contributed by atoms with van der Waals surface area (Å²) >= 11 is 0. The van der Waals surface area contributed by atoms with Gasteiger partial charge in [0.2, 0.25) is 11.8 Å². The molecule has 0 saturated heterocycles. The van der Waals surface area contributed by atoms with Crippen LogP contribution < -0.4 is 9.47 Å². The fourth-order valence-electron chi connectivity index (χ4n) is 5.73. The fourth-order valence-corrected chi connectivity index (χ4v) is 5.73. The van der Waals surface area contributed by atoms with Crippen molar-refractivity contribution in [2.75, 3.05) is 7.11 Å². The van der Waals surface area contributed by atoms with Crippen molar-refractivity contribution < 1.29 is 23.0 Å². The average molecular weight is 763 g/mol. The van der Waals surface area contributed by atoms with Crippen molar-refractivity contribution in [1.29, 1.82) is 0 Å². The normalized spacial score (nSPS) is 15.9. The molecule has 0 amide bonds. The van der Waals surface area contributed by atoms with Gasteiger partial charge in [0.1, 0.15) is 24.2 Å². The van der Waals surface area contributed by atoms with Crippen molar-refractivity contribution in [3.63, 3.8) is 0 Å². The number of halogens is 2. The van der Waals surface area contributed by atoms with Crippen LogP contribution in [0.25, 0.3) is 17.0 Å². The van der Waals surface area contributed by atoms with Gasteiger partial charge in [-0.05, 0) is 99.8 Å². The van der Waals surface area contributed by atoms with Crippen LogP contribution in [-0.4, -0.2) is 38.8 Å². The molecule has 0 N–H and O–H groups in total. The molecule has 2 heterocycles. The van der Waals surface area contributed by atoms with Crippen LogP contribution in [0.5, 0.6) is 11.8 Å². The highest BCUT2D eigenvalue weighted by Gasteiger charge is 2.33. The van der Waals surface area contributed by atoms with Gasteiger partial charge in [0.05, 0.1) is 12.8 Å². The summed E-state index contributed by atoms with van der Waals surface area (Å²) in [6.45, 7) is 21.1. The SMILES string of the molecule is C/C=C(\C)C(C)(F)F.CC.CC.CC/C=C(/C)c1ccc(COc2cc(C(=O)C3CCC3)nc(-c3c(OC)ncnc3C3CC3)n2)cc1.CCC(C)C1CC1. The molecule has 1 unspecified atom stereocenters. The Morgan fingerprint density at radius 2 is 1.60 bits per heavy atom. The van der Waals surface area contributed by atoms with Gasteiger partial charge in [-0.25, -0.2) is 23.7 Å². The van der Waals surface area contributed by atoms with Gasteiger partial charge >= 0.3 is 0 Å². The number of allylic oxidation sites excluding steroid dienone is 4. The van der Waals surface area contributed by atoms with E-state index < -0.39 is 5.92 Å². The Labute approximate surface area is 330 Å². The number of methoxy groups -OCH3 is 1. The van der Waals surface area contributed by atoms with Crippen LogP contribution in [0, 0.1) is 17.8 Å². The fraction of sp³-hybridized carbons (Fsp3) is 0.587. The zero-order valence-corrected chi connectivity index (χ0v) is 35.8. The summed E-state index contributed by atoms with van der Waals surface area (Å²) in [5.74, 6) is 1.05. The van der Waals surface area contributed by atoms with E-state index in [4.69, 9.17) is 14.5 Å². The van der Waals surface area contributed by atoms with Crippen LogP contribution in [0.1, 0.15) is 167 Å². The van der Waals surface area contributed by atoms with Gasteiger partial charge in [0.25, 0.3) is 5.92 Å². The Morgan fingerprint density at radius 3 is 2.04 bits per heavy atom. The second-order valence-electron chi connectivity index (χ2n) is 14.2. The van der Waals surface area contributed by atoms with Crippen LogP contribution in [-0.2, 0) is 6.61 Å². The Morgan fingerprint density at radius 1 is 0.964 bits per heavy atom. The van der Waals surface area contributed by atoms with E-state index in [1.807, 2.05) is 27.7 Å². The van der Waals surface area contributed by atoms with Gasteiger partial charge in [-0.3, -0.25) is 4.79 Å². The lowest BCUT2D eigenvalue weighted by molar-refractivity contribution is 0.0633. The number of Topliss-reactive ketones (excluding diaryl/α,β-unsaturated/α-hetero) is 1. The number of carbonyl (C=O) groups is 1. The third kappa shape index (κ3) is 14.9. The van der Waals surface area contributed by atoms with E-state index in [1.165, 1.54) is 49.7 Å². The van der Waals surface area contributed by atoms with Crippen LogP contribution in [0.4, 0.5) is 8.78 Å². The van der Waals surface area contributed by atoms with Gasteiger partial charge in [-0.1, -0.05) is 97.7 Å². The molecule has 2 aromatic heterocycles. The van der Waals surface area contributed by atoms with E-state index in [0.29, 0.717) is 41.4 Å². The molecule has 6 rings (SSSR count). The van der Waals surface area contributed by atoms with E-state index in [2.05, 4.69) is 73.0 Å². The van der Waals surface area contributed by atoms with Gasteiger partial charge in [0, 0.05) is 24.8 Å². The van der Waals surface area contributed by atoms with Crippen molar-refractivity contribution in [2.24, 2.45) is 17.8 Å². The average Bonchev–Trinajstić information content (AvgIpc) is 4.12. The molecule has 0 radical (unpaired) electrons. The van der Waals surface area contributed by atoms with Crippen molar-refractivity contribution in [3.8, 4) is 23.1 Å². The molecule has 3 saturated carbocycles. The van der Waals surface area contributed by atoms with Gasteiger partial charge in [-0.15, -0.1) is 0 Å². The summed E-state index contributed by atoms with van der Waals surface area (Å²) < 4.78 is 35.8. The molecular weight excluding hydrogens is 695 g/mol. The summed E-state index contributed by atoms with van der Waals surface area (Å²) in [7, 11) is 1.57. The maximum absolute atomic E-state index is 13.2. The molecule has 55 heavy (non-hydrogen) atoms. The lowest BCUT2D eigenvalue weighted by Crippen LogP contribution is -2.23. The van der Waals surface area contributed by atoms with E-state index in [1.54, 1.807) is 20.1 Å². The molecule has 3 aliphatic rings. The minimum Gasteiger partial charge on any atom is -0.480 e. The largest absolute Gasteiger partial charge is 0.480 e. The monoisotopic (exact) mass is 763 g/mol. The molecule has 9 heteroatoms. The first kappa shape index (κ1) is 47.1. The molecule has 0 bridgehead atoms. The maximum Gasteiger partial charge on any atom is 0.266 e. The summed E-state index contributed by atoms with van der Waals surface area (Å²) in [5, 5.41) is 0. The lowest BCUT2D eigenvalue weighted by atomic mass is 9.81. The smallest absolute Gasteiger partial charge is 0.266 e. The highest BCUT2D eigenvalue weighted by atomic mass is 19.3. The van der Waals surface area contributed by atoms with Crippen LogP contribution in [0.15, 0.2) is 54.4 Å². The topological polar surface area (TPSA) is 87.1 Å². The summed E-state index contributed by atoms with van der Waals surface area (Å²) in [6, 6.07) is 9.99. The number of carbonyl (C=O) groups excluding carboxylic acids is 1. The number of aromatic nitrogens is 4. The molecule has 3 fully saturated rings. The summed E-state index contributed by atoms with van der Waals surface area (Å²) in [4.78, 5) is 31.4. The maximum atomic E-state index is 13.2. The van der Waals surface area contributed by atoms with Crippen LogP contribution in [0.2, 0.25) is 0 Å². The van der Waals surface area contributed by atoms with E-state index in [-0.39, 0.29) is 17.3 Å². The Kier molecular flexibility index (Phi) is 20.4. The number of nitrogens with zero attached hydrogens (tertiary/aromatic N) is 4. The molecule has 304 valence electrons. The highest BCUT2D eigenvalue weighted by molar-refractivity contribution is 5.97. The van der Waals surface area contributed by atoms with Crippen molar-refractivity contribution in [1.82, 2.24) is 19.9 Å². The molecule has 3 aliphatic carbocycles. The van der Waals surface area contributed by atoms with E-state index >= 15 is 0 Å². The Balaban J connectivity index is 0.000000455. The zero-order valence-electron chi connectivity index (χ0n) is 35.8. The number of rotatable bonds is 13. The number of hydrogen-bond donors (Lipinski definition) is 0. The molecule has 0 aliphatic heterocycles. The first-order valence-electron chi connectivity index (χ1n) is 20.6. The van der Waals surface area contributed by atoms with Crippen molar-refractivity contribution >= 4 is 11.4 Å². The minimum absolute atomic E-state index is 0.0179. The molecule has 0 spiro atoms. The minimum atomic E-state index is -2.63. The van der Waals surface area contributed by atoms with Crippen molar-refractivity contribution in [3.05, 3.63) is 76.9 Å². The quantitative estimate of drug-likeness (QED) is 0.127.